The number of halogens is 1. The summed E-state index contributed by atoms with van der Waals surface area (Å²) in [4.78, 5) is 24.4. The summed E-state index contributed by atoms with van der Waals surface area (Å²) in [6.07, 6.45) is -0.725. The van der Waals surface area contributed by atoms with E-state index in [1.807, 2.05) is 0 Å². The van der Waals surface area contributed by atoms with Gasteiger partial charge in [-0.25, -0.2) is 4.39 Å². The van der Waals surface area contributed by atoms with Gasteiger partial charge in [0.2, 0.25) is 5.91 Å². The van der Waals surface area contributed by atoms with Crippen LogP contribution in [-0.2, 0) is 11.3 Å². The van der Waals surface area contributed by atoms with Crippen molar-refractivity contribution in [3.05, 3.63) is 34.7 Å². The highest BCUT2D eigenvalue weighted by Crippen LogP contribution is 2.14. The summed E-state index contributed by atoms with van der Waals surface area (Å²) >= 11 is 0. The number of alkyl halides is 1. The van der Waals surface area contributed by atoms with E-state index >= 15 is 0 Å². The Morgan fingerprint density at radius 1 is 1.44 bits per heavy atom. The number of aliphatic hydroxyl groups is 1. The number of carbonyl (C=O) groups is 1. The lowest BCUT2D eigenvalue weighted by molar-refractivity contribution is -0.130. The molecule has 1 aliphatic heterocycles. The molecule has 0 saturated carbocycles. The lowest BCUT2D eigenvalue weighted by Gasteiger charge is -2.15. The zero-order valence-electron chi connectivity index (χ0n) is 9.83. The van der Waals surface area contributed by atoms with Crippen LogP contribution in [0.5, 0.6) is 0 Å². The molecule has 0 unspecified atom stereocenters. The standard InChI is InChI=1S/C12H15FN2O3/c13-9-7-15(8-10(9)16)12(18)4-6-14-5-2-1-3-11(14)17/h1-3,5,9-10,16H,4,6-8H2/t9-,10-/m1/s1. The SMILES string of the molecule is O=C(CCn1ccccc1=O)N1C[C@@H](O)[C@H](F)C1. The monoisotopic (exact) mass is 254 g/mol. The Hall–Kier alpha value is -1.69. The Labute approximate surface area is 103 Å². The molecule has 2 atom stereocenters. The van der Waals surface area contributed by atoms with Crippen molar-refractivity contribution >= 4 is 5.91 Å². The van der Waals surface area contributed by atoms with E-state index in [2.05, 4.69) is 0 Å². The lowest BCUT2D eigenvalue weighted by atomic mass is 10.3. The zero-order chi connectivity index (χ0) is 13.1. The van der Waals surface area contributed by atoms with Crippen molar-refractivity contribution in [1.82, 2.24) is 9.47 Å². The fourth-order valence-electron chi connectivity index (χ4n) is 1.97. The van der Waals surface area contributed by atoms with Crippen LogP contribution in [0, 0.1) is 0 Å². The first-order chi connectivity index (χ1) is 8.58. The van der Waals surface area contributed by atoms with E-state index in [0.29, 0.717) is 0 Å². The van der Waals surface area contributed by atoms with Gasteiger partial charge < -0.3 is 14.6 Å². The minimum atomic E-state index is -1.37. The molecule has 18 heavy (non-hydrogen) atoms. The van der Waals surface area contributed by atoms with Crippen LogP contribution in [0.2, 0.25) is 0 Å². The maximum absolute atomic E-state index is 13.1. The highest BCUT2D eigenvalue weighted by molar-refractivity contribution is 5.76. The minimum Gasteiger partial charge on any atom is -0.388 e. The quantitative estimate of drug-likeness (QED) is 0.811. The molecule has 5 nitrogen and oxygen atoms in total. The predicted molar refractivity (Wildman–Crippen MR) is 62.8 cm³/mol. The fraction of sp³-hybridized carbons (Fsp3) is 0.500. The number of likely N-dealkylation sites (tertiary alicyclic amines) is 1. The van der Waals surface area contributed by atoms with Gasteiger partial charge in [0, 0.05) is 31.8 Å². The average Bonchev–Trinajstić information content (AvgIpc) is 2.68. The van der Waals surface area contributed by atoms with Crippen LogP contribution in [0.4, 0.5) is 4.39 Å². The molecular weight excluding hydrogens is 239 g/mol. The smallest absolute Gasteiger partial charge is 0.250 e. The van der Waals surface area contributed by atoms with Crippen molar-refractivity contribution in [3.63, 3.8) is 0 Å². The highest BCUT2D eigenvalue weighted by atomic mass is 19.1. The molecule has 0 aliphatic carbocycles. The summed E-state index contributed by atoms with van der Waals surface area (Å²) in [5.74, 6) is -0.245. The number of aromatic nitrogens is 1. The predicted octanol–water partition coefficient (Wildman–Crippen LogP) is -0.220. The molecule has 6 heteroatoms. The van der Waals surface area contributed by atoms with Gasteiger partial charge in [0.25, 0.3) is 5.56 Å². The summed E-state index contributed by atoms with van der Waals surface area (Å²) in [6.45, 7) is 0.232. The Morgan fingerprint density at radius 2 is 2.22 bits per heavy atom. The summed E-state index contributed by atoms with van der Waals surface area (Å²) in [5.41, 5.74) is -0.171. The van der Waals surface area contributed by atoms with E-state index < -0.39 is 12.3 Å². The second-order valence-corrected chi connectivity index (χ2v) is 4.36. The van der Waals surface area contributed by atoms with Crippen LogP contribution in [-0.4, -0.2) is 45.8 Å². The Balaban J connectivity index is 1.90. The van der Waals surface area contributed by atoms with Gasteiger partial charge in [-0.1, -0.05) is 6.07 Å². The summed E-state index contributed by atoms with van der Waals surface area (Å²) in [6, 6.07) is 4.76. The summed E-state index contributed by atoms with van der Waals surface area (Å²) < 4.78 is 14.5. The lowest BCUT2D eigenvalue weighted by Crippen LogP contribution is -2.31. The largest absolute Gasteiger partial charge is 0.388 e. The normalized spacial score (nSPS) is 23.3. The average molecular weight is 254 g/mol. The summed E-state index contributed by atoms with van der Waals surface area (Å²) in [5, 5.41) is 9.22. The molecule has 1 aromatic heterocycles. The first-order valence-corrected chi connectivity index (χ1v) is 5.83. The number of aliphatic hydroxyl groups excluding tert-OH is 1. The first-order valence-electron chi connectivity index (χ1n) is 5.83. The van der Waals surface area contributed by atoms with Crippen LogP contribution in [0.1, 0.15) is 6.42 Å². The first kappa shape index (κ1) is 12.8. The van der Waals surface area contributed by atoms with Gasteiger partial charge in [0.05, 0.1) is 6.54 Å². The minimum absolute atomic E-state index is 0.0314. The van der Waals surface area contributed by atoms with Gasteiger partial charge in [-0.3, -0.25) is 9.59 Å². The number of rotatable bonds is 3. The van der Waals surface area contributed by atoms with Crippen LogP contribution in [0.3, 0.4) is 0 Å². The van der Waals surface area contributed by atoms with E-state index in [-0.39, 0.29) is 37.5 Å². The molecule has 1 aliphatic rings. The molecule has 0 spiro atoms. The molecule has 0 radical (unpaired) electrons. The molecule has 1 saturated heterocycles. The second kappa shape index (κ2) is 5.30. The number of β-amino-alcohol motifs (C(OH)–C–C–N with tert-alkyl or cyclic N) is 1. The molecule has 1 amide bonds. The van der Waals surface area contributed by atoms with Crippen molar-refractivity contribution in [3.8, 4) is 0 Å². The van der Waals surface area contributed by atoms with Crippen molar-refractivity contribution in [1.29, 1.82) is 0 Å². The van der Waals surface area contributed by atoms with E-state index in [1.54, 1.807) is 18.3 Å². The van der Waals surface area contributed by atoms with Crippen LogP contribution < -0.4 is 5.56 Å². The molecule has 1 fully saturated rings. The number of amides is 1. The number of carbonyl (C=O) groups excluding carboxylic acids is 1. The number of aryl methyl sites for hydroxylation is 1. The van der Waals surface area contributed by atoms with Gasteiger partial charge >= 0.3 is 0 Å². The number of hydrogen-bond acceptors (Lipinski definition) is 3. The maximum atomic E-state index is 13.1. The third-order valence-corrected chi connectivity index (χ3v) is 3.04. The molecule has 1 aromatic rings. The highest BCUT2D eigenvalue weighted by Gasteiger charge is 2.33. The fourth-order valence-corrected chi connectivity index (χ4v) is 1.97. The topological polar surface area (TPSA) is 62.5 Å². The third-order valence-electron chi connectivity index (χ3n) is 3.04. The zero-order valence-corrected chi connectivity index (χ0v) is 9.83. The van der Waals surface area contributed by atoms with Gasteiger partial charge in [0.15, 0.2) is 0 Å². The Bertz CT molecular complexity index is 478. The van der Waals surface area contributed by atoms with Crippen molar-refractivity contribution in [2.75, 3.05) is 13.1 Å². The Morgan fingerprint density at radius 3 is 2.83 bits per heavy atom. The van der Waals surface area contributed by atoms with Crippen molar-refractivity contribution in [2.45, 2.75) is 25.2 Å². The second-order valence-electron chi connectivity index (χ2n) is 4.36. The van der Waals surface area contributed by atoms with Crippen LogP contribution in [0.25, 0.3) is 0 Å². The van der Waals surface area contributed by atoms with Crippen LogP contribution >= 0.6 is 0 Å². The van der Waals surface area contributed by atoms with Crippen molar-refractivity contribution in [2.24, 2.45) is 0 Å². The van der Waals surface area contributed by atoms with Gasteiger partial charge in [-0.05, 0) is 6.07 Å². The number of hydrogen-bond donors (Lipinski definition) is 1. The molecule has 1 N–H and O–H groups in total. The molecule has 2 rings (SSSR count). The van der Waals surface area contributed by atoms with E-state index in [1.165, 1.54) is 15.5 Å². The maximum Gasteiger partial charge on any atom is 0.250 e. The van der Waals surface area contributed by atoms with E-state index in [4.69, 9.17) is 0 Å². The molecule has 2 heterocycles. The molecule has 0 bridgehead atoms. The van der Waals surface area contributed by atoms with Gasteiger partial charge in [-0.2, -0.15) is 0 Å². The molecular formula is C12H15FN2O3. The van der Waals surface area contributed by atoms with Crippen molar-refractivity contribution < 1.29 is 14.3 Å². The van der Waals surface area contributed by atoms with Gasteiger partial charge in [-0.15, -0.1) is 0 Å². The Kier molecular flexibility index (Phi) is 3.76. The number of pyridine rings is 1. The molecule has 98 valence electrons. The van der Waals surface area contributed by atoms with Crippen LogP contribution in [0.15, 0.2) is 29.2 Å². The summed E-state index contributed by atoms with van der Waals surface area (Å²) in [7, 11) is 0. The molecule has 0 aromatic carbocycles. The third kappa shape index (κ3) is 2.76. The van der Waals surface area contributed by atoms with E-state index in [0.717, 1.165) is 0 Å². The number of nitrogens with zero attached hydrogens (tertiary/aromatic N) is 2. The van der Waals surface area contributed by atoms with Gasteiger partial charge in [0.1, 0.15) is 12.3 Å². The van der Waals surface area contributed by atoms with E-state index in [9.17, 15) is 19.1 Å².